The monoisotopic (exact) mass is 464 g/mol. The average Bonchev–Trinajstić information content (AvgIpc) is 2.79. The minimum atomic E-state index is -1.67. The highest BCUT2D eigenvalue weighted by molar-refractivity contribution is 5.66. The summed E-state index contributed by atoms with van der Waals surface area (Å²) in [6, 6.07) is 0. The zero-order chi connectivity index (χ0) is 24.6. The van der Waals surface area contributed by atoms with Gasteiger partial charge in [-0.3, -0.25) is 4.79 Å². The Morgan fingerprint density at radius 3 is 1.41 bits per heavy atom. The van der Waals surface area contributed by atoms with Gasteiger partial charge in [-0.1, -0.05) is 70.4 Å². The quantitative estimate of drug-likeness (QED) is 0.107. The van der Waals surface area contributed by atoms with Crippen molar-refractivity contribution in [3.05, 3.63) is 12.2 Å². The van der Waals surface area contributed by atoms with Crippen molar-refractivity contribution in [2.24, 2.45) is 0 Å². The van der Waals surface area contributed by atoms with Crippen LogP contribution in [-0.2, 0) is 4.79 Å². The van der Waals surface area contributed by atoms with Crippen LogP contribution in [0, 0.1) is 0 Å². The predicted molar refractivity (Wildman–Crippen MR) is 125 cm³/mol. The minimum absolute atomic E-state index is 0.332. The molecule has 0 spiro atoms. The number of allylic oxidation sites excluding steroid dienone is 2. The third kappa shape index (κ3) is 22.2. The topological polar surface area (TPSA) is 159 Å². The summed E-state index contributed by atoms with van der Waals surface area (Å²) < 4.78 is 0. The van der Waals surface area contributed by atoms with Gasteiger partial charge in [0.2, 0.25) is 0 Å². The van der Waals surface area contributed by atoms with E-state index in [1.54, 1.807) is 0 Å². The first-order valence-corrected chi connectivity index (χ1v) is 12.1. The van der Waals surface area contributed by atoms with Crippen LogP contribution in [0.3, 0.4) is 0 Å². The van der Waals surface area contributed by atoms with E-state index in [1.807, 2.05) is 0 Å². The first kappa shape index (κ1) is 33.1. The third-order valence-electron chi connectivity index (χ3n) is 5.16. The lowest BCUT2D eigenvalue weighted by Crippen LogP contribution is -2.46. The summed E-state index contributed by atoms with van der Waals surface area (Å²) in [6.45, 7) is 0.807. The highest BCUT2D eigenvalue weighted by Crippen LogP contribution is 2.10. The molecule has 0 saturated heterocycles. The maximum atomic E-state index is 10.3. The Morgan fingerprint density at radius 2 is 1.03 bits per heavy atom. The Balaban J connectivity index is 0. The van der Waals surface area contributed by atoms with Crippen LogP contribution in [0.5, 0.6) is 0 Å². The van der Waals surface area contributed by atoms with Gasteiger partial charge in [-0.15, -0.1) is 0 Å². The largest absolute Gasteiger partial charge is 0.481 e. The van der Waals surface area contributed by atoms with Crippen LogP contribution < -0.4 is 0 Å². The number of carboxylic acids is 1. The lowest BCUT2D eigenvalue weighted by atomic mass is 10.0. The molecular formula is C24H48O8. The van der Waals surface area contributed by atoms with Crippen LogP contribution in [0.2, 0.25) is 0 Å². The highest BCUT2D eigenvalue weighted by atomic mass is 16.4. The average molecular weight is 465 g/mol. The fourth-order valence-electron chi connectivity index (χ4n) is 3.02. The van der Waals surface area contributed by atoms with E-state index >= 15 is 0 Å². The van der Waals surface area contributed by atoms with E-state index < -0.39 is 43.6 Å². The molecule has 0 rings (SSSR count). The van der Waals surface area contributed by atoms with Crippen LogP contribution >= 0.6 is 0 Å². The molecule has 0 aliphatic carbocycles. The van der Waals surface area contributed by atoms with E-state index in [9.17, 15) is 4.79 Å². The summed E-state index contributed by atoms with van der Waals surface area (Å²) in [7, 11) is 0. The molecule has 0 bridgehead atoms. The third-order valence-corrected chi connectivity index (χ3v) is 5.16. The van der Waals surface area contributed by atoms with Crippen LogP contribution in [0.15, 0.2) is 12.2 Å². The second-order valence-electron chi connectivity index (χ2n) is 8.21. The van der Waals surface area contributed by atoms with E-state index in [1.165, 1.54) is 70.6 Å². The van der Waals surface area contributed by atoms with Crippen LogP contribution in [0.4, 0.5) is 0 Å². The Hall–Kier alpha value is -1.03. The lowest BCUT2D eigenvalue weighted by Gasteiger charge is -2.24. The van der Waals surface area contributed by atoms with Crippen LogP contribution in [0.1, 0.15) is 96.8 Å². The van der Waals surface area contributed by atoms with E-state index in [0.29, 0.717) is 6.42 Å². The molecule has 0 amide bonds. The molecule has 32 heavy (non-hydrogen) atoms. The summed E-state index contributed by atoms with van der Waals surface area (Å²) in [6.07, 6.45) is 14.8. The number of hydrogen-bond donors (Lipinski definition) is 7. The van der Waals surface area contributed by atoms with Crippen LogP contribution in [0.25, 0.3) is 0 Å². The van der Waals surface area contributed by atoms with Gasteiger partial charge in [-0.25, -0.2) is 0 Å². The normalized spacial score (nSPS) is 15.1. The summed E-state index contributed by atoms with van der Waals surface area (Å²) in [5, 5.41) is 60.7. The molecular weight excluding hydrogens is 416 g/mol. The maximum Gasteiger partial charge on any atom is 0.303 e. The number of carbonyl (C=O) groups is 1. The van der Waals surface area contributed by atoms with Gasteiger partial charge in [-0.2, -0.15) is 0 Å². The van der Waals surface area contributed by atoms with Gasteiger partial charge >= 0.3 is 5.97 Å². The van der Waals surface area contributed by atoms with E-state index in [2.05, 4.69) is 19.1 Å². The number of aliphatic hydroxyl groups is 6. The van der Waals surface area contributed by atoms with Crippen molar-refractivity contribution in [1.29, 1.82) is 0 Å². The Morgan fingerprint density at radius 1 is 0.656 bits per heavy atom. The number of hydrogen-bond acceptors (Lipinski definition) is 7. The first-order valence-electron chi connectivity index (χ1n) is 12.1. The van der Waals surface area contributed by atoms with Gasteiger partial charge in [0.15, 0.2) is 0 Å². The SMILES string of the molecule is CCCCCCCC/C=C\CCCCCCCC(=O)O.OCC(O)C(O)C(O)C(O)CO. The summed E-state index contributed by atoms with van der Waals surface area (Å²) >= 11 is 0. The molecule has 0 heterocycles. The molecule has 0 radical (unpaired) electrons. The van der Waals surface area contributed by atoms with E-state index in [4.69, 9.17) is 35.7 Å². The van der Waals surface area contributed by atoms with Crippen molar-refractivity contribution >= 4 is 5.97 Å². The van der Waals surface area contributed by atoms with Crippen molar-refractivity contribution in [2.75, 3.05) is 13.2 Å². The molecule has 7 N–H and O–H groups in total. The lowest BCUT2D eigenvalue weighted by molar-refractivity contribution is -0.137. The standard InChI is InChI=1S/C18H34O2.C6H14O6/c1-2-3-4-5-6-7-8-9-10-11-12-13-14-15-16-17-18(19)20;7-1-3(9)5(11)6(12)4(10)2-8/h9-10H,2-8,11-17H2,1H3,(H,19,20);3-12H,1-2H2/b10-9-;. The summed E-state index contributed by atoms with van der Waals surface area (Å²) in [5.74, 6) is -0.664. The second-order valence-corrected chi connectivity index (χ2v) is 8.21. The van der Waals surface area contributed by atoms with Gasteiger partial charge in [0, 0.05) is 6.42 Å². The number of rotatable bonds is 20. The Bertz CT molecular complexity index is 416. The van der Waals surface area contributed by atoms with E-state index in [-0.39, 0.29) is 0 Å². The number of aliphatic carboxylic acids is 1. The number of carboxylic acid groups (broad SMARTS) is 1. The van der Waals surface area contributed by atoms with Gasteiger partial charge in [0.05, 0.1) is 13.2 Å². The molecule has 192 valence electrons. The zero-order valence-corrected chi connectivity index (χ0v) is 19.8. The molecule has 0 aromatic carbocycles. The first-order chi connectivity index (χ1) is 15.3. The summed E-state index contributed by atoms with van der Waals surface area (Å²) in [5.41, 5.74) is 0. The Labute approximate surface area is 193 Å². The zero-order valence-electron chi connectivity index (χ0n) is 19.8. The molecule has 0 aromatic heterocycles. The molecule has 0 aliphatic rings. The van der Waals surface area contributed by atoms with E-state index in [0.717, 1.165) is 12.8 Å². The predicted octanol–water partition coefficient (Wildman–Crippen LogP) is 2.52. The van der Waals surface area contributed by atoms with Gasteiger partial charge in [-0.05, 0) is 32.1 Å². The smallest absolute Gasteiger partial charge is 0.303 e. The van der Waals surface area contributed by atoms with Crippen molar-refractivity contribution in [3.8, 4) is 0 Å². The van der Waals surface area contributed by atoms with Gasteiger partial charge < -0.3 is 35.7 Å². The molecule has 0 saturated carbocycles. The molecule has 4 unspecified atom stereocenters. The Kier molecular flexibility index (Phi) is 25.5. The summed E-state index contributed by atoms with van der Waals surface area (Å²) in [4.78, 5) is 10.3. The van der Waals surface area contributed by atoms with Crippen molar-refractivity contribution < 1.29 is 40.5 Å². The molecule has 8 heteroatoms. The maximum absolute atomic E-state index is 10.3. The molecule has 4 atom stereocenters. The van der Waals surface area contributed by atoms with Gasteiger partial charge in [0.1, 0.15) is 24.4 Å². The minimum Gasteiger partial charge on any atom is -0.481 e. The fraction of sp³-hybridized carbons (Fsp3) is 0.875. The molecule has 0 aliphatic heterocycles. The number of aliphatic hydroxyl groups excluding tert-OH is 6. The van der Waals surface area contributed by atoms with Crippen LogP contribution in [-0.4, -0.2) is 79.3 Å². The van der Waals surface area contributed by atoms with Crippen molar-refractivity contribution in [1.82, 2.24) is 0 Å². The van der Waals surface area contributed by atoms with Crippen molar-refractivity contribution in [3.63, 3.8) is 0 Å². The fourth-order valence-corrected chi connectivity index (χ4v) is 3.02. The molecule has 0 fully saturated rings. The molecule has 0 aromatic rings. The second kappa shape index (κ2) is 24.6. The van der Waals surface area contributed by atoms with Crippen molar-refractivity contribution in [2.45, 2.75) is 121 Å². The number of unbranched alkanes of at least 4 members (excludes halogenated alkanes) is 11. The highest BCUT2D eigenvalue weighted by Gasteiger charge is 2.29. The van der Waals surface area contributed by atoms with Gasteiger partial charge in [0.25, 0.3) is 0 Å². The molecule has 8 nitrogen and oxygen atoms in total.